The first-order chi connectivity index (χ1) is 9.43. The Morgan fingerprint density at radius 2 is 1.42 bits per heavy atom. The Hall–Kier alpha value is -2.00. The molecule has 90 valence electrons. The maximum absolute atomic E-state index is 3.32. The van der Waals surface area contributed by atoms with Gasteiger partial charge in [0, 0.05) is 0 Å². The molecule has 0 nitrogen and oxygen atoms in total. The second kappa shape index (κ2) is 5.76. The van der Waals surface area contributed by atoms with Crippen LogP contribution in [-0.2, 0) is 0 Å². The Bertz CT molecular complexity index is 743. The first-order valence-corrected chi connectivity index (χ1v) is 7.85. The Morgan fingerprint density at radius 3 is 2.32 bits per heavy atom. The van der Waals surface area contributed by atoms with Gasteiger partial charge in [-0.3, -0.25) is 0 Å². The molecule has 0 aromatic heterocycles. The molecule has 3 aromatic carbocycles. The zero-order valence-corrected chi connectivity index (χ0v) is 12.0. The third kappa shape index (κ3) is 2.88. The molecule has 0 aliphatic carbocycles. The zero-order chi connectivity index (χ0) is 12.9. The predicted molar refractivity (Wildman–Crippen MR) is 82.7 cm³/mol. The van der Waals surface area contributed by atoms with Gasteiger partial charge < -0.3 is 0 Å². The monoisotopic (exact) mass is 308 g/mol. The van der Waals surface area contributed by atoms with Gasteiger partial charge in [-0.25, -0.2) is 0 Å². The molecule has 0 unspecified atom stereocenters. The molecule has 1 heteroatoms. The Labute approximate surface area is 119 Å². The zero-order valence-electron chi connectivity index (χ0n) is 10.3. The van der Waals surface area contributed by atoms with Crippen LogP contribution in [0.2, 0.25) is 0 Å². The third-order valence-corrected chi connectivity index (χ3v) is 4.38. The molecule has 0 saturated carbocycles. The van der Waals surface area contributed by atoms with Gasteiger partial charge in [0.05, 0.1) is 0 Å². The fourth-order valence-electron chi connectivity index (χ4n) is 1.96. The van der Waals surface area contributed by atoms with Crippen LogP contribution >= 0.6 is 0 Å². The summed E-state index contributed by atoms with van der Waals surface area (Å²) in [5, 5.41) is 2.49. The second-order valence-corrected chi connectivity index (χ2v) is 6.01. The van der Waals surface area contributed by atoms with Crippen molar-refractivity contribution in [3.63, 3.8) is 0 Å². The first-order valence-electron chi connectivity index (χ1n) is 6.14. The summed E-state index contributed by atoms with van der Waals surface area (Å²) in [5.74, 6) is 3.31. The van der Waals surface area contributed by atoms with Crippen molar-refractivity contribution >= 4 is 30.2 Å². The van der Waals surface area contributed by atoms with Crippen LogP contribution in [0.15, 0.2) is 72.8 Å². The molecule has 0 radical (unpaired) electrons. The van der Waals surface area contributed by atoms with Gasteiger partial charge in [0.25, 0.3) is 0 Å². The summed E-state index contributed by atoms with van der Waals surface area (Å²) in [6.07, 6.45) is 0. The van der Waals surface area contributed by atoms with Gasteiger partial charge in [0.2, 0.25) is 0 Å². The molecule has 0 aliphatic heterocycles. The van der Waals surface area contributed by atoms with E-state index in [9.17, 15) is 0 Å². The standard InChI is InChI=1S/C18H12Se/c1-2-10-17(11-3-1)19-14-13-16-9-6-8-15-7-4-5-12-18(15)16/h1-12H. The normalized spacial score (nSPS) is 9.89. The van der Waals surface area contributed by atoms with E-state index < -0.39 is 0 Å². The molecule has 0 amide bonds. The maximum atomic E-state index is 3.32. The van der Waals surface area contributed by atoms with Crippen molar-refractivity contribution in [3.05, 3.63) is 78.4 Å². The van der Waals surface area contributed by atoms with Gasteiger partial charge in [0.1, 0.15) is 0 Å². The van der Waals surface area contributed by atoms with Crippen LogP contribution in [0, 0.1) is 10.7 Å². The number of hydrogen-bond donors (Lipinski definition) is 0. The van der Waals surface area contributed by atoms with E-state index in [0.717, 1.165) is 5.56 Å². The molecule has 0 heterocycles. The van der Waals surface area contributed by atoms with Crippen LogP contribution in [0.3, 0.4) is 0 Å². The van der Waals surface area contributed by atoms with Crippen molar-refractivity contribution in [1.29, 1.82) is 0 Å². The topological polar surface area (TPSA) is 0 Å². The SMILES string of the molecule is C(#Cc1cccc2ccccc12)[Se]c1ccccc1. The second-order valence-electron chi connectivity index (χ2n) is 4.17. The van der Waals surface area contributed by atoms with Gasteiger partial charge >= 0.3 is 119 Å². The summed E-state index contributed by atoms with van der Waals surface area (Å²) in [4.78, 5) is 3.32. The van der Waals surface area contributed by atoms with Crippen LogP contribution in [0.5, 0.6) is 0 Å². The number of hydrogen-bond acceptors (Lipinski definition) is 0. The molecule has 0 aliphatic rings. The van der Waals surface area contributed by atoms with Crippen molar-refractivity contribution in [3.8, 4) is 10.7 Å². The van der Waals surface area contributed by atoms with Crippen molar-refractivity contribution in [1.82, 2.24) is 0 Å². The quantitative estimate of drug-likeness (QED) is 0.478. The number of rotatable bonds is 1. The van der Waals surface area contributed by atoms with Crippen LogP contribution in [0.25, 0.3) is 10.8 Å². The summed E-state index contributed by atoms with van der Waals surface area (Å²) >= 11 is 0.220. The molecule has 0 N–H and O–H groups in total. The molecule has 0 saturated heterocycles. The molecule has 0 atom stereocenters. The Balaban J connectivity index is 1.90. The van der Waals surface area contributed by atoms with E-state index >= 15 is 0 Å². The summed E-state index contributed by atoms with van der Waals surface area (Å²) in [5.41, 5.74) is 1.12. The average Bonchev–Trinajstić information content (AvgIpc) is 2.49. The minimum atomic E-state index is 0.220. The van der Waals surface area contributed by atoms with E-state index in [0.29, 0.717) is 0 Å². The number of fused-ring (bicyclic) bond motifs is 1. The van der Waals surface area contributed by atoms with Crippen LogP contribution in [-0.4, -0.2) is 15.0 Å². The molecular formula is C18H12Se. The van der Waals surface area contributed by atoms with Crippen molar-refractivity contribution in [2.75, 3.05) is 0 Å². The summed E-state index contributed by atoms with van der Waals surface area (Å²) in [7, 11) is 0. The van der Waals surface area contributed by atoms with Crippen LogP contribution in [0.1, 0.15) is 5.56 Å². The van der Waals surface area contributed by atoms with E-state index in [4.69, 9.17) is 0 Å². The summed E-state index contributed by atoms with van der Waals surface area (Å²) in [6, 6.07) is 25.1. The van der Waals surface area contributed by atoms with Crippen LogP contribution < -0.4 is 4.46 Å². The molecule has 19 heavy (non-hydrogen) atoms. The fraction of sp³-hybridized carbons (Fsp3) is 0. The fourth-order valence-corrected chi connectivity index (χ4v) is 3.16. The van der Waals surface area contributed by atoms with E-state index in [1.165, 1.54) is 15.2 Å². The minimum absolute atomic E-state index is 0.220. The van der Waals surface area contributed by atoms with Crippen LogP contribution in [0.4, 0.5) is 0 Å². The van der Waals surface area contributed by atoms with Gasteiger partial charge in [0.15, 0.2) is 0 Å². The molecule has 0 spiro atoms. The Morgan fingerprint density at radius 1 is 0.684 bits per heavy atom. The number of benzene rings is 3. The van der Waals surface area contributed by atoms with Crippen molar-refractivity contribution in [2.24, 2.45) is 0 Å². The molecule has 0 fully saturated rings. The summed E-state index contributed by atoms with van der Waals surface area (Å²) in [6.45, 7) is 0. The molecule has 3 rings (SSSR count). The van der Waals surface area contributed by atoms with Gasteiger partial charge in [-0.05, 0) is 0 Å². The van der Waals surface area contributed by atoms with E-state index in [-0.39, 0.29) is 15.0 Å². The first kappa shape index (κ1) is 12.1. The van der Waals surface area contributed by atoms with Gasteiger partial charge in [-0.15, -0.1) is 0 Å². The van der Waals surface area contributed by atoms with Gasteiger partial charge in [-0.1, -0.05) is 0 Å². The summed E-state index contributed by atoms with van der Waals surface area (Å²) < 4.78 is 1.32. The van der Waals surface area contributed by atoms with E-state index in [1.807, 2.05) is 6.07 Å². The van der Waals surface area contributed by atoms with Crippen molar-refractivity contribution < 1.29 is 0 Å². The Kier molecular flexibility index (Phi) is 3.65. The van der Waals surface area contributed by atoms with Gasteiger partial charge in [-0.2, -0.15) is 0 Å². The molecule has 0 bridgehead atoms. The third-order valence-electron chi connectivity index (χ3n) is 2.89. The van der Waals surface area contributed by atoms with E-state index in [2.05, 4.69) is 77.5 Å². The molecular weight excluding hydrogens is 295 g/mol. The van der Waals surface area contributed by atoms with Crippen molar-refractivity contribution in [2.45, 2.75) is 0 Å². The predicted octanol–water partition coefficient (Wildman–Crippen LogP) is 3.18. The average molecular weight is 307 g/mol. The van der Waals surface area contributed by atoms with E-state index in [1.54, 1.807) is 0 Å². The molecule has 3 aromatic rings.